The van der Waals surface area contributed by atoms with E-state index in [9.17, 15) is 4.79 Å². The average molecular weight is 466 g/mol. The summed E-state index contributed by atoms with van der Waals surface area (Å²) >= 11 is 0. The van der Waals surface area contributed by atoms with Gasteiger partial charge in [0.15, 0.2) is 5.96 Å². The highest BCUT2D eigenvalue weighted by molar-refractivity contribution is 14.0. The Bertz CT molecular complexity index is 506. The molecule has 144 valence electrons. The topological polar surface area (TPSA) is 89.2 Å². The number of aliphatic imine (C=N–C) groups is 1. The Labute approximate surface area is 167 Å². The number of likely N-dealkylation sites (tertiary alicyclic amines) is 1. The van der Waals surface area contributed by atoms with Crippen molar-refractivity contribution in [3.63, 3.8) is 0 Å². The van der Waals surface area contributed by atoms with Gasteiger partial charge in [0.1, 0.15) is 0 Å². The Morgan fingerprint density at radius 3 is 2.68 bits per heavy atom. The van der Waals surface area contributed by atoms with Gasteiger partial charge < -0.3 is 25.4 Å². The Balaban J connectivity index is 0.00000225. The summed E-state index contributed by atoms with van der Waals surface area (Å²) < 4.78 is 10.8. The Morgan fingerprint density at radius 2 is 2.04 bits per heavy atom. The maximum absolute atomic E-state index is 11.7. The van der Waals surface area contributed by atoms with E-state index in [0.717, 1.165) is 25.9 Å². The number of amides is 1. The van der Waals surface area contributed by atoms with Crippen molar-refractivity contribution in [3.05, 3.63) is 0 Å². The van der Waals surface area contributed by atoms with E-state index >= 15 is 0 Å². The van der Waals surface area contributed by atoms with E-state index in [2.05, 4.69) is 19.2 Å². The van der Waals surface area contributed by atoms with Crippen molar-refractivity contribution in [3.8, 4) is 0 Å². The van der Waals surface area contributed by atoms with Gasteiger partial charge in [-0.1, -0.05) is 13.8 Å². The molecule has 3 N–H and O–H groups in total. The van der Waals surface area contributed by atoms with Crippen LogP contribution in [0.15, 0.2) is 4.99 Å². The first-order valence-corrected chi connectivity index (χ1v) is 9.06. The number of nitrogens with two attached hydrogens (primary N) is 1. The summed E-state index contributed by atoms with van der Waals surface area (Å²) in [6.07, 6.45) is 2.90. The fraction of sp³-hybridized carbons (Fsp3) is 0.882. The monoisotopic (exact) mass is 466 g/mol. The third-order valence-corrected chi connectivity index (χ3v) is 5.69. The van der Waals surface area contributed by atoms with Gasteiger partial charge in [-0.25, -0.2) is 9.79 Å². The van der Waals surface area contributed by atoms with Crippen LogP contribution < -0.4 is 11.1 Å². The summed E-state index contributed by atoms with van der Waals surface area (Å²) in [4.78, 5) is 18.2. The molecule has 3 rings (SSSR count). The molecule has 8 heteroatoms. The van der Waals surface area contributed by atoms with Crippen molar-refractivity contribution in [2.24, 2.45) is 22.1 Å². The minimum atomic E-state index is -0.221. The van der Waals surface area contributed by atoms with Gasteiger partial charge in [0.25, 0.3) is 0 Å². The summed E-state index contributed by atoms with van der Waals surface area (Å²) in [5.74, 6) is 1.03. The predicted molar refractivity (Wildman–Crippen MR) is 107 cm³/mol. The number of piperidine rings is 1. The van der Waals surface area contributed by atoms with Gasteiger partial charge in [0.2, 0.25) is 0 Å². The molecule has 3 atom stereocenters. The molecule has 0 aromatic heterocycles. The summed E-state index contributed by atoms with van der Waals surface area (Å²) in [5, 5.41) is 3.34. The van der Waals surface area contributed by atoms with Crippen molar-refractivity contribution in [1.82, 2.24) is 10.2 Å². The predicted octanol–water partition coefficient (Wildman–Crippen LogP) is 1.94. The van der Waals surface area contributed by atoms with Crippen LogP contribution in [0.4, 0.5) is 4.79 Å². The van der Waals surface area contributed by atoms with E-state index in [1.165, 1.54) is 0 Å². The number of carbonyl (C=O) groups is 1. The molecule has 7 nitrogen and oxygen atoms in total. The SMILES string of the molecule is CCOC(=O)N1CCC(NC(N)=NC2C3CCOC3C2(C)C)CC1.I. The maximum atomic E-state index is 11.7. The smallest absolute Gasteiger partial charge is 0.409 e. The first-order valence-electron chi connectivity index (χ1n) is 9.06. The van der Waals surface area contributed by atoms with Crippen LogP contribution in [0, 0.1) is 11.3 Å². The van der Waals surface area contributed by atoms with Gasteiger partial charge in [-0.05, 0) is 26.2 Å². The van der Waals surface area contributed by atoms with Gasteiger partial charge in [-0.15, -0.1) is 24.0 Å². The van der Waals surface area contributed by atoms with Crippen molar-refractivity contribution in [1.29, 1.82) is 0 Å². The first-order chi connectivity index (χ1) is 11.4. The molecule has 1 aliphatic carbocycles. The Hall–Kier alpha value is -0.770. The highest BCUT2D eigenvalue weighted by Gasteiger charge is 2.59. The summed E-state index contributed by atoms with van der Waals surface area (Å²) in [7, 11) is 0. The lowest BCUT2D eigenvalue weighted by atomic mass is 9.57. The molecule has 3 unspecified atom stereocenters. The zero-order chi connectivity index (χ0) is 17.3. The molecule has 25 heavy (non-hydrogen) atoms. The van der Waals surface area contributed by atoms with E-state index < -0.39 is 0 Å². The lowest BCUT2D eigenvalue weighted by molar-refractivity contribution is -0.0986. The summed E-state index contributed by atoms with van der Waals surface area (Å²) in [5.41, 5.74) is 6.21. The molecule has 3 aliphatic rings. The molecule has 3 fully saturated rings. The number of hydrogen-bond acceptors (Lipinski definition) is 4. The lowest BCUT2D eigenvalue weighted by Crippen LogP contribution is -2.60. The third-order valence-electron chi connectivity index (χ3n) is 5.69. The van der Waals surface area contributed by atoms with Gasteiger partial charge in [0.05, 0.1) is 18.8 Å². The minimum absolute atomic E-state index is 0. The number of fused-ring (bicyclic) bond motifs is 1. The fourth-order valence-corrected chi connectivity index (χ4v) is 4.38. The van der Waals surface area contributed by atoms with Gasteiger partial charge >= 0.3 is 6.09 Å². The molecule has 0 radical (unpaired) electrons. The number of ether oxygens (including phenoxy) is 2. The molecule has 0 bridgehead atoms. The third kappa shape index (κ3) is 4.15. The Morgan fingerprint density at radius 1 is 1.36 bits per heavy atom. The van der Waals surface area contributed by atoms with Crippen molar-refractivity contribution < 1.29 is 14.3 Å². The van der Waals surface area contributed by atoms with Gasteiger partial charge in [-0.2, -0.15) is 0 Å². The van der Waals surface area contributed by atoms with Crippen LogP contribution in [0.3, 0.4) is 0 Å². The highest BCUT2D eigenvalue weighted by atomic mass is 127. The normalized spacial score (nSPS) is 31.6. The molecule has 2 aliphatic heterocycles. The maximum Gasteiger partial charge on any atom is 0.409 e. The second kappa shape index (κ2) is 8.28. The number of hydrogen-bond donors (Lipinski definition) is 2. The number of guanidine groups is 1. The average Bonchev–Trinajstić information content (AvgIpc) is 3.01. The zero-order valence-corrected chi connectivity index (χ0v) is 17.7. The number of nitrogens with zero attached hydrogens (tertiary/aromatic N) is 2. The van der Waals surface area contributed by atoms with E-state index in [4.69, 9.17) is 20.2 Å². The number of halogens is 1. The quantitative estimate of drug-likeness (QED) is 0.377. The van der Waals surface area contributed by atoms with Gasteiger partial charge in [-0.3, -0.25) is 0 Å². The molecule has 2 heterocycles. The van der Waals surface area contributed by atoms with E-state index in [0.29, 0.717) is 37.7 Å². The van der Waals surface area contributed by atoms with Crippen LogP contribution in [-0.4, -0.2) is 61.4 Å². The number of nitrogens with one attached hydrogen (secondary N) is 1. The van der Waals surface area contributed by atoms with E-state index in [-0.39, 0.29) is 47.6 Å². The van der Waals surface area contributed by atoms with Crippen LogP contribution in [-0.2, 0) is 9.47 Å². The second-order valence-corrected chi connectivity index (χ2v) is 7.63. The van der Waals surface area contributed by atoms with Crippen LogP contribution >= 0.6 is 24.0 Å². The van der Waals surface area contributed by atoms with Gasteiger partial charge in [0, 0.05) is 37.1 Å². The van der Waals surface area contributed by atoms with Crippen LogP contribution in [0.1, 0.15) is 40.0 Å². The van der Waals surface area contributed by atoms with Crippen LogP contribution in [0.25, 0.3) is 0 Å². The zero-order valence-electron chi connectivity index (χ0n) is 15.4. The molecule has 0 spiro atoms. The fourth-order valence-electron chi connectivity index (χ4n) is 4.38. The van der Waals surface area contributed by atoms with E-state index in [1.807, 2.05) is 6.92 Å². The lowest BCUT2D eigenvalue weighted by Gasteiger charge is -2.52. The molecular formula is C17H31IN4O3. The highest BCUT2D eigenvalue weighted by Crippen LogP contribution is 2.53. The molecular weight excluding hydrogens is 435 g/mol. The van der Waals surface area contributed by atoms with Crippen molar-refractivity contribution >= 4 is 36.0 Å². The number of carbonyl (C=O) groups excluding carboxylic acids is 1. The molecule has 0 aromatic carbocycles. The van der Waals surface area contributed by atoms with Crippen LogP contribution in [0.5, 0.6) is 0 Å². The summed E-state index contributed by atoms with van der Waals surface area (Å²) in [6.45, 7) is 8.88. The molecule has 0 aromatic rings. The second-order valence-electron chi connectivity index (χ2n) is 7.63. The molecule has 2 saturated heterocycles. The molecule has 1 amide bonds. The summed E-state index contributed by atoms with van der Waals surface area (Å²) in [6, 6.07) is 0.496. The molecule has 1 saturated carbocycles. The van der Waals surface area contributed by atoms with Crippen molar-refractivity contribution in [2.45, 2.75) is 58.2 Å². The standard InChI is InChI=1S/C17H30N4O3.HI/c1-4-23-16(22)21-8-5-11(6-9-21)19-15(18)20-13-12-7-10-24-14(12)17(13,2)3;/h11-14H,4-10H2,1-3H3,(H3,18,19,20);1H. The van der Waals surface area contributed by atoms with E-state index in [1.54, 1.807) is 4.90 Å². The largest absolute Gasteiger partial charge is 0.450 e. The van der Waals surface area contributed by atoms with Crippen molar-refractivity contribution in [2.75, 3.05) is 26.3 Å². The number of rotatable bonds is 3. The van der Waals surface area contributed by atoms with Crippen LogP contribution in [0.2, 0.25) is 0 Å². The minimum Gasteiger partial charge on any atom is -0.450 e. The Kier molecular flexibility index (Phi) is 6.80. The first kappa shape index (κ1) is 20.5.